The minimum atomic E-state index is -1.04. The number of rotatable bonds is 4. The fourth-order valence-corrected chi connectivity index (χ4v) is 3.56. The molecule has 1 amide bonds. The summed E-state index contributed by atoms with van der Waals surface area (Å²) >= 11 is -1.04. The van der Waals surface area contributed by atoms with Gasteiger partial charge >= 0.3 is 6.09 Å². The van der Waals surface area contributed by atoms with Crippen LogP contribution in [-0.4, -0.2) is 33.1 Å². The molecule has 0 radical (unpaired) electrons. The van der Waals surface area contributed by atoms with Crippen molar-refractivity contribution >= 4 is 17.5 Å². The number of alkyl carbamates (subject to hydrolysis) is 1. The lowest BCUT2D eigenvalue weighted by molar-refractivity contribution is 0.0485. The van der Waals surface area contributed by atoms with E-state index >= 15 is 0 Å². The molecule has 0 bridgehead atoms. The molecule has 0 unspecified atom stereocenters. The molecule has 1 saturated carbocycles. The second kappa shape index (κ2) is 8.08. The third-order valence-electron chi connectivity index (χ3n) is 4.05. The zero-order chi connectivity index (χ0) is 17.8. The van der Waals surface area contributed by atoms with Gasteiger partial charge in [-0.05, 0) is 80.1 Å². The van der Waals surface area contributed by atoms with Crippen LogP contribution in [0.4, 0.5) is 4.79 Å². The van der Waals surface area contributed by atoms with Gasteiger partial charge < -0.3 is 14.6 Å². The summed E-state index contributed by atoms with van der Waals surface area (Å²) < 4.78 is 20.5. The first kappa shape index (κ1) is 20.6. The Morgan fingerprint density at radius 3 is 2.09 bits per heavy atom. The van der Waals surface area contributed by atoms with Crippen molar-refractivity contribution in [1.82, 2.24) is 10.0 Å². The molecular weight excluding hydrogens is 312 g/mol. The SMILES string of the molecule is C[C@H](N[S@@+]([O-])C(C)(C)C)C1CCC(NC(=O)OC(C)(C)C)CC1. The third-order valence-corrected chi connectivity index (χ3v) is 5.75. The van der Waals surface area contributed by atoms with E-state index in [1.807, 2.05) is 41.5 Å². The predicted molar refractivity (Wildman–Crippen MR) is 95.6 cm³/mol. The van der Waals surface area contributed by atoms with Gasteiger partial charge in [0.15, 0.2) is 0 Å². The van der Waals surface area contributed by atoms with E-state index < -0.39 is 17.0 Å². The van der Waals surface area contributed by atoms with Crippen LogP contribution in [0.25, 0.3) is 0 Å². The average molecular weight is 347 g/mol. The third kappa shape index (κ3) is 7.77. The van der Waals surface area contributed by atoms with E-state index in [1.54, 1.807) is 0 Å². The zero-order valence-corrected chi connectivity index (χ0v) is 16.5. The van der Waals surface area contributed by atoms with Crippen LogP contribution in [0.1, 0.15) is 74.1 Å². The Hall–Kier alpha value is -0.460. The molecule has 0 aliphatic heterocycles. The molecule has 2 atom stereocenters. The molecule has 1 aliphatic rings. The molecule has 0 aromatic carbocycles. The van der Waals surface area contributed by atoms with E-state index in [9.17, 15) is 9.35 Å². The number of carbonyl (C=O) groups excluding carboxylic acids is 1. The van der Waals surface area contributed by atoms with Gasteiger partial charge in [0, 0.05) is 17.4 Å². The number of ether oxygens (including phenoxy) is 1. The lowest BCUT2D eigenvalue weighted by atomic mass is 9.82. The summed E-state index contributed by atoms with van der Waals surface area (Å²) in [4.78, 5) is 11.8. The van der Waals surface area contributed by atoms with Crippen LogP contribution in [0.5, 0.6) is 0 Å². The second-order valence-corrected chi connectivity index (χ2v) is 10.5. The summed E-state index contributed by atoms with van der Waals surface area (Å²) in [6.45, 7) is 13.6. The minimum Gasteiger partial charge on any atom is -0.598 e. The maximum Gasteiger partial charge on any atom is 0.407 e. The molecule has 0 aromatic rings. The summed E-state index contributed by atoms with van der Waals surface area (Å²) in [5, 5.41) is 2.96. The van der Waals surface area contributed by atoms with Crippen molar-refractivity contribution in [3.8, 4) is 0 Å². The van der Waals surface area contributed by atoms with Crippen LogP contribution in [0.3, 0.4) is 0 Å². The Balaban J connectivity index is 2.36. The Kier molecular flexibility index (Phi) is 7.23. The van der Waals surface area contributed by atoms with Gasteiger partial charge in [-0.15, -0.1) is 4.72 Å². The molecule has 1 aliphatic carbocycles. The number of nitrogens with one attached hydrogen (secondary N) is 2. The first-order chi connectivity index (χ1) is 10.4. The maximum absolute atomic E-state index is 12.2. The van der Waals surface area contributed by atoms with E-state index in [0.717, 1.165) is 25.7 Å². The summed E-state index contributed by atoms with van der Waals surface area (Å²) in [5.74, 6) is 0.498. The second-order valence-electron chi connectivity index (χ2n) is 8.55. The fourth-order valence-electron chi connectivity index (χ4n) is 2.68. The van der Waals surface area contributed by atoms with Gasteiger partial charge in [0.05, 0.1) is 6.04 Å². The van der Waals surface area contributed by atoms with Crippen LogP contribution >= 0.6 is 0 Å². The van der Waals surface area contributed by atoms with Crippen molar-refractivity contribution in [3.63, 3.8) is 0 Å². The number of amides is 1. The molecule has 2 N–H and O–H groups in total. The van der Waals surface area contributed by atoms with E-state index in [1.165, 1.54) is 0 Å². The number of hydrogen-bond donors (Lipinski definition) is 2. The summed E-state index contributed by atoms with van der Waals surface area (Å²) in [6, 6.07) is 0.402. The molecule has 0 saturated heterocycles. The number of carbonyl (C=O) groups is 1. The predicted octanol–water partition coefficient (Wildman–Crippen LogP) is 3.51. The van der Waals surface area contributed by atoms with Crippen molar-refractivity contribution in [1.29, 1.82) is 0 Å². The fraction of sp³-hybridized carbons (Fsp3) is 0.941. The van der Waals surface area contributed by atoms with Crippen molar-refractivity contribution in [2.45, 2.75) is 96.6 Å². The van der Waals surface area contributed by atoms with Gasteiger partial charge in [-0.1, -0.05) is 0 Å². The molecule has 6 heteroatoms. The molecule has 0 aromatic heterocycles. The van der Waals surface area contributed by atoms with Crippen molar-refractivity contribution in [3.05, 3.63) is 0 Å². The lowest BCUT2D eigenvalue weighted by Crippen LogP contribution is -2.48. The largest absolute Gasteiger partial charge is 0.598 e. The van der Waals surface area contributed by atoms with Crippen LogP contribution in [0.15, 0.2) is 0 Å². The highest BCUT2D eigenvalue weighted by atomic mass is 32.2. The highest BCUT2D eigenvalue weighted by molar-refractivity contribution is 7.90. The van der Waals surface area contributed by atoms with Gasteiger partial charge in [-0.3, -0.25) is 0 Å². The van der Waals surface area contributed by atoms with Gasteiger partial charge in [0.2, 0.25) is 0 Å². The Bertz CT molecular complexity index is 382. The molecule has 136 valence electrons. The molecule has 1 fully saturated rings. The van der Waals surface area contributed by atoms with Gasteiger partial charge in [0.25, 0.3) is 0 Å². The molecule has 1 rings (SSSR count). The molecular formula is C17H34N2O3S. The minimum absolute atomic E-state index is 0.182. The molecule has 5 nitrogen and oxygen atoms in total. The van der Waals surface area contributed by atoms with Crippen molar-refractivity contribution < 1.29 is 14.1 Å². The lowest BCUT2D eigenvalue weighted by Gasteiger charge is -2.34. The Morgan fingerprint density at radius 2 is 1.65 bits per heavy atom. The monoisotopic (exact) mass is 346 g/mol. The van der Waals surface area contributed by atoms with Crippen LogP contribution < -0.4 is 10.0 Å². The zero-order valence-electron chi connectivity index (χ0n) is 15.7. The van der Waals surface area contributed by atoms with E-state index in [-0.39, 0.29) is 22.9 Å². The van der Waals surface area contributed by atoms with Crippen LogP contribution in [-0.2, 0) is 16.1 Å². The van der Waals surface area contributed by atoms with E-state index in [4.69, 9.17) is 4.74 Å². The van der Waals surface area contributed by atoms with Crippen LogP contribution in [0.2, 0.25) is 0 Å². The summed E-state index contributed by atoms with van der Waals surface area (Å²) in [5.41, 5.74) is -0.462. The smallest absolute Gasteiger partial charge is 0.407 e. The maximum atomic E-state index is 12.2. The van der Waals surface area contributed by atoms with Crippen LogP contribution in [0, 0.1) is 5.92 Å². The standard InChI is InChI=1S/C17H34N2O3S/c1-12(19-23(21)17(5,6)7)13-8-10-14(11-9-13)18-15(20)22-16(2,3)4/h12-14,19H,8-11H2,1-7H3,(H,18,20)/t12-,13?,14?,23-/m0/s1. The van der Waals surface area contributed by atoms with Crippen molar-refractivity contribution in [2.24, 2.45) is 5.92 Å². The topological polar surface area (TPSA) is 73.4 Å². The highest BCUT2D eigenvalue weighted by Gasteiger charge is 2.33. The molecule has 0 heterocycles. The quantitative estimate of drug-likeness (QED) is 0.764. The first-order valence-electron chi connectivity index (χ1n) is 8.56. The highest BCUT2D eigenvalue weighted by Crippen LogP contribution is 2.28. The Labute approximate surface area is 144 Å². The van der Waals surface area contributed by atoms with E-state index in [0.29, 0.717) is 5.92 Å². The van der Waals surface area contributed by atoms with E-state index in [2.05, 4.69) is 17.0 Å². The molecule has 23 heavy (non-hydrogen) atoms. The summed E-state index contributed by atoms with van der Waals surface area (Å²) in [6.07, 6.45) is 3.60. The van der Waals surface area contributed by atoms with Gasteiger partial charge in [-0.25, -0.2) is 4.79 Å². The normalized spacial score (nSPS) is 25.6. The Morgan fingerprint density at radius 1 is 1.13 bits per heavy atom. The van der Waals surface area contributed by atoms with Gasteiger partial charge in [0.1, 0.15) is 10.3 Å². The van der Waals surface area contributed by atoms with Gasteiger partial charge in [-0.2, -0.15) is 0 Å². The number of hydrogen-bond acceptors (Lipinski definition) is 4. The summed E-state index contributed by atoms with van der Waals surface area (Å²) in [7, 11) is 0. The average Bonchev–Trinajstić information content (AvgIpc) is 2.35. The first-order valence-corrected chi connectivity index (χ1v) is 9.71. The molecule has 0 spiro atoms. The van der Waals surface area contributed by atoms with Crippen molar-refractivity contribution in [2.75, 3.05) is 0 Å².